The van der Waals surface area contributed by atoms with E-state index in [9.17, 15) is 4.79 Å². The molecule has 0 aromatic carbocycles. The molecule has 1 amide bonds. The molecule has 1 aliphatic heterocycles. The van der Waals surface area contributed by atoms with Gasteiger partial charge >= 0.3 is 0 Å². The fourth-order valence-corrected chi connectivity index (χ4v) is 2.63. The van der Waals surface area contributed by atoms with E-state index in [1.54, 1.807) is 4.90 Å². The quantitative estimate of drug-likeness (QED) is 0.689. The van der Waals surface area contributed by atoms with E-state index in [1.165, 1.54) is 0 Å². The fraction of sp³-hybridized carbons (Fsp3) is 0.882. The molecule has 0 radical (unpaired) electrons. The van der Waals surface area contributed by atoms with Crippen molar-refractivity contribution in [3.05, 3.63) is 0 Å². The van der Waals surface area contributed by atoms with E-state index < -0.39 is 0 Å². The Hall–Kier alpha value is -1.12. The summed E-state index contributed by atoms with van der Waals surface area (Å²) in [7, 11) is 0. The van der Waals surface area contributed by atoms with Gasteiger partial charge in [0.25, 0.3) is 0 Å². The monoisotopic (exact) mass is 309 g/mol. The highest BCUT2D eigenvalue weighted by molar-refractivity contribution is 5.78. The SMILES string of the molecule is CCN(CC(C)C#N)C(=O)CN1CCC(OCC(C)C)CC1. The molecule has 1 unspecified atom stereocenters. The maximum atomic E-state index is 12.3. The highest BCUT2D eigenvalue weighted by atomic mass is 16.5. The number of carbonyl (C=O) groups is 1. The molecular weight excluding hydrogens is 278 g/mol. The number of hydrogen-bond donors (Lipinski definition) is 0. The number of carbonyl (C=O) groups excluding carboxylic acids is 1. The van der Waals surface area contributed by atoms with Crippen LogP contribution in [0.5, 0.6) is 0 Å². The number of likely N-dealkylation sites (N-methyl/N-ethyl adjacent to an activating group) is 1. The minimum absolute atomic E-state index is 0.112. The van der Waals surface area contributed by atoms with Gasteiger partial charge in [0.05, 0.1) is 24.6 Å². The number of ether oxygens (including phenoxy) is 1. The van der Waals surface area contributed by atoms with E-state index >= 15 is 0 Å². The van der Waals surface area contributed by atoms with Crippen LogP contribution in [-0.2, 0) is 9.53 Å². The van der Waals surface area contributed by atoms with Crippen LogP contribution >= 0.6 is 0 Å². The van der Waals surface area contributed by atoms with Crippen molar-refractivity contribution in [2.75, 3.05) is 39.3 Å². The Morgan fingerprint density at radius 1 is 1.36 bits per heavy atom. The molecule has 0 aliphatic carbocycles. The second-order valence-corrected chi connectivity index (χ2v) is 6.67. The van der Waals surface area contributed by atoms with Crippen molar-refractivity contribution < 1.29 is 9.53 Å². The predicted octanol–water partition coefficient (Wildman–Crippen LogP) is 2.13. The third-order valence-corrected chi connectivity index (χ3v) is 4.01. The first kappa shape index (κ1) is 18.9. The first-order chi connectivity index (χ1) is 10.5. The van der Waals surface area contributed by atoms with E-state index in [4.69, 9.17) is 10.00 Å². The summed E-state index contributed by atoms with van der Waals surface area (Å²) in [5.74, 6) is 0.588. The van der Waals surface area contributed by atoms with Crippen molar-refractivity contribution >= 4 is 5.91 Å². The molecule has 0 N–H and O–H groups in total. The van der Waals surface area contributed by atoms with Crippen molar-refractivity contribution in [2.45, 2.75) is 46.6 Å². The van der Waals surface area contributed by atoms with Gasteiger partial charge in [-0.05, 0) is 32.6 Å². The topological polar surface area (TPSA) is 56.6 Å². The van der Waals surface area contributed by atoms with Crippen molar-refractivity contribution in [3.63, 3.8) is 0 Å². The second kappa shape index (κ2) is 9.81. The van der Waals surface area contributed by atoms with Crippen LogP contribution in [0.25, 0.3) is 0 Å². The third-order valence-electron chi connectivity index (χ3n) is 4.01. The average Bonchev–Trinajstić information content (AvgIpc) is 2.51. The molecule has 126 valence electrons. The number of nitrogens with zero attached hydrogens (tertiary/aromatic N) is 3. The molecule has 0 aromatic heterocycles. The molecule has 0 aromatic rings. The summed E-state index contributed by atoms with van der Waals surface area (Å²) in [4.78, 5) is 16.3. The minimum atomic E-state index is -0.112. The van der Waals surface area contributed by atoms with Gasteiger partial charge < -0.3 is 9.64 Å². The summed E-state index contributed by atoms with van der Waals surface area (Å²) in [6.07, 6.45) is 2.34. The Morgan fingerprint density at radius 2 is 2.00 bits per heavy atom. The van der Waals surface area contributed by atoms with Gasteiger partial charge in [-0.2, -0.15) is 5.26 Å². The average molecular weight is 309 g/mol. The highest BCUT2D eigenvalue weighted by Crippen LogP contribution is 2.15. The molecule has 0 bridgehead atoms. The minimum Gasteiger partial charge on any atom is -0.378 e. The van der Waals surface area contributed by atoms with Crippen LogP contribution in [0.2, 0.25) is 0 Å². The fourth-order valence-electron chi connectivity index (χ4n) is 2.63. The number of rotatable bonds is 8. The molecule has 1 atom stereocenters. The molecule has 0 saturated carbocycles. The van der Waals surface area contributed by atoms with Gasteiger partial charge in [0.2, 0.25) is 5.91 Å². The predicted molar refractivity (Wildman–Crippen MR) is 87.3 cm³/mol. The number of likely N-dealkylation sites (tertiary alicyclic amines) is 1. The smallest absolute Gasteiger partial charge is 0.236 e. The first-order valence-corrected chi connectivity index (χ1v) is 8.47. The molecule has 22 heavy (non-hydrogen) atoms. The van der Waals surface area contributed by atoms with Crippen LogP contribution < -0.4 is 0 Å². The van der Waals surface area contributed by atoms with Gasteiger partial charge in [0, 0.05) is 32.8 Å². The van der Waals surface area contributed by atoms with Crippen LogP contribution in [0.15, 0.2) is 0 Å². The molecule has 1 saturated heterocycles. The number of nitriles is 1. The first-order valence-electron chi connectivity index (χ1n) is 8.47. The van der Waals surface area contributed by atoms with Gasteiger partial charge in [0.1, 0.15) is 0 Å². The third kappa shape index (κ3) is 6.76. The number of hydrogen-bond acceptors (Lipinski definition) is 4. The Bertz CT molecular complexity index is 371. The molecule has 5 nitrogen and oxygen atoms in total. The zero-order valence-electron chi connectivity index (χ0n) is 14.5. The van der Waals surface area contributed by atoms with Crippen LogP contribution in [0, 0.1) is 23.2 Å². The Labute approximate surface area is 135 Å². The summed E-state index contributed by atoms with van der Waals surface area (Å²) in [6, 6.07) is 2.19. The van der Waals surface area contributed by atoms with Gasteiger partial charge in [-0.1, -0.05) is 13.8 Å². The molecule has 1 fully saturated rings. The van der Waals surface area contributed by atoms with E-state index in [0.717, 1.165) is 32.5 Å². The van der Waals surface area contributed by atoms with Gasteiger partial charge in [-0.25, -0.2) is 0 Å². The van der Waals surface area contributed by atoms with E-state index in [2.05, 4.69) is 24.8 Å². The van der Waals surface area contributed by atoms with Gasteiger partial charge in [0.15, 0.2) is 0 Å². The van der Waals surface area contributed by atoms with Crippen LogP contribution in [-0.4, -0.2) is 61.1 Å². The highest BCUT2D eigenvalue weighted by Gasteiger charge is 2.23. The lowest BCUT2D eigenvalue weighted by Crippen LogP contribution is -2.45. The van der Waals surface area contributed by atoms with Crippen molar-refractivity contribution in [1.82, 2.24) is 9.80 Å². The Balaban J connectivity index is 2.33. The lowest BCUT2D eigenvalue weighted by molar-refractivity contribution is -0.133. The Morgan fingerprint density at radius 3 is 2.50 bits per heavy atom. The summed E-state index contributed by atoms with van der Waals surface area (Å²) < 4.78 is 5.88. The molecule has 5 heteroatoms. The van der Waals surface area contributed by atoms with Crippen molar-refractivity contribution in [2.24, 2.45) is 11.8 Å². The second-order valence-electron chi connectivity index (χ2n) is 6.67. The lowest BCUT2D eigenvalue weighted by Gasteiger charge is -2.33. The molecule has 1 heterocycles. The largest absolute Gasteiger partial charge is 0.378 e. The van der Waals surface area contributed by atoms with Crippen LogP contribution in [0.3, 0.4) is 0 Å². The van der Waals surface area contributed by atoms with Crippen LogP contribution in [0.4, 0.5) is 0 Å². The molecule has 0 spiro atoms. The van der Waals surface area contributed by atoms with E-state index in [0.29, 0.717) is 31.7 Å². The summed E-state index contributed by atoms with van der Waals surface area (Å²) >= 11 is 0. The summed E-state index contributed by atoms with van der Waals surface area (Å²) in [5, 5.41) is 8.89. The normalized spacial score (nSPS) is 18.2. The Kier molecular flexibility index (Phi) is 8.44. The maximum absolute atomic E-state index is 12.3. The molecular formula is C17H31N3O2. The summed E-state index contributed by atoms with van der Waals surface area (Å²) in [5.41, 5.74) is 0. The number of piperidine rings is 1. The van der Waals surface area contributed by atoms with Gasteiger partial charge in [-0.3, -0.25) is 9.69 Å². The number of amides is 1. The molecule has 1 aliphatic rings. The maximum Gasteiger partial charge on any atom is 0.236 e. The zero-order valence-corrected chi connectivity index (χ0v) is 14.5. The summed E-state index contributed by atoms with van der Waals surface area (Å²) in [6.45, 7) is 12.5. The van der Waals surface area contributed by atoms with E-state index in [-0.39, 0.29) is 11.8 Å². The van der Waals surface area contributed by atoms with Gasteiger partial charge in [-0.15, -0.1) is 0 Å². The standard InChI is InChI=1S/C17H31N3O2/c1-5-20(11-15(4)10-18)17(21)12-19-8-6-16(7-9-19)22-13-14(2)3/h14-16H,5-9,11-13H2,1-4H3. The lowest BCUT2D eigenvalue weighted by atomic mass is 10.1. The molecule has 1 rings (SSSR count). The zero-order chi connectivity index (χ0) is 16.5. The van der Waals surface area contributed by atoms with Crippen LogP contribution in [0.1, 0.15) is 40.5 Å². The van der Waals surface area contributed by atoms with Crippen molar-refractivity contribution in [1.29, 1.82) is 5.26 Å². The van der Waals surface area contributed by atoms with Crippen molar-refractivity contribution in [3.8, 4) is 6.07 Å². The van der Waals surface area contributed by atoms with E-state index in [1.807, 2.05) is 13.8 Å².